The highest BCUT2D eigenvalue weighted by Crippen LogP contribution is 2.17. The van der Waals surface area contributed by atoms with Crippen molar-refractivity contribution in [1.29, 1.82) is 0 Å². The number of unbranched alkanes of at least 4 members (excludes halogenated alkanes) is 35. The minimum absolute atomic E-state index is 0.0806. The van der Waals surface area contributed by atoms with Gasteiger partial charge in [-0.25, -0.2) is 0 Å². The standard InChI is InChI=1S/C62H112O6/c1-4-7-10-13-15-17-19-21-23-25-26-27-28-29-30-31-32-33-34-35-37-38-40-42-44-46-49-52-55-61(64)67-58-59(57-66-60(63)54-51-48-12-9-6-3)68-62(65)56-53-50-47-45-43-41-39-36-24-22-20-18-16-14-11-8-5-2/h8,11,16,18,22,24,39,41,59H,4-7,9-10,12-15,17,19-21,23,25-38,40,42-58H2,1-3H3/b11-8-,18-16-,24-22-,41-39-. The molecule has 0 aromatic carbocycles. The van der Waals surface area contributed by atoms with Gasteiger partial charge in [-0.1, -0.05) is 281 Å². The fourth-order valence-electron chi connectivity index (χ4n) is 8.67. The van der Waals surface area contributed by atoms with E-state index in [2.05, 4.69) is 69.4 Å². The first-order valence-electron chi connectivity index (χ1n) is 29.6. The Morgan fingerprint density at radius 3 is 0.897 bits per heavy atom. The van der Waals surface area contributed by atoms with E-state index in [-0.39, 0.29) is 31.1 Å². The number of ether oxygens (including phenoxy) is 3. The lowest BCUT2D eigenvalue weighted by Gasteiger charge is -2.18. The quantitative estimate of drug-likeness (QED) is 0.0262. The Morgan fingerprint density at radius 2 is 0.574 bits per heavy atom. The monoisotopic (exact) mass is 953 g/mol. The van der Waals surface area contributed by atoms with Crippen molar-refractivity contribution in [3.8, 4) is 0 Å². The molecule has 0 spiro atoms. The van der Waals surface area contributed by atoms with Gasteiger partial charge in [-0.3, -0.25) is 14.4 Å². The summed E-state index contributed by atoms with van der Waals surface area (Å²) in [7, 11) is 0. The highest BCUT2D eigenvalue weighted by atomic mass is 16.6. The average Bonchev–Trinajstić information content (AvgIpc) is 3.34. The summed E-state index contributed by atoms with van der Waals surface area (Å²) in [6, 6.07) is 0. The van der Waals surface area contributed by atoms with Crippen LogP contribution < -0.4 is 0 Å². The van der Waals surface area contributed by atoms with Gasteiger partial charge in [0.05, 0.1) is 0 Å². The van der Waals surface area contributed by atoms with Crippen LogP contribution in [0.4, 0.5) is 0 Å². The molecular weight excluding hydrogens is 841 g/mol. The molecule has 0 aromatic rings. The average molecular weight is 954 g/mol. The van der Waals surface area contributed by atoms with Gasteiger partial charge in [0.1, 0.15) is 13.2 Å². The molecule has 0 fully saturated rings. The molecule has 0 aliphatic heterocycles. The van der Waals surface area contributed by atoms with E-state index in [0.29, 0.717) is 19.3 Å². The number of carbonyl (C=O) groups is 3. The normalized spacial score (nSPS) is 12.3. The van der Waals surface area contributed by atoms with Crippen LogP contribution in [0.15, 0.2) is 48.6 Å². The molecule has 0 heterocycles. The smallest absolute Gasteiger partial charge is 0.306 e. The van der Waals surface area contributed by atoms with Gasteiger partial charge in [-0.05, 0) is 57.8 Å². The topological polar surface area (TPSA) is 78.9 Å². The van der Waals surface area contributed by atoms with E-state index in [4.69, 9.17) is 14.2 Å². The second kappa shape index (κ2) is 57.0. The van der Waals surface area contributed by atoms with Crippen LogP contribution in [-0.2, 0) is 28.6 Å². The number of hydrogen-bond donors (Lipinski definition) is 0. The first kappa shape index (κ1) is 65.4. The van der Waals surface area contributed by atoms with E-state index in [1.807, 2.05) is 0 Å². The lowest BCUT2D eigenvalue weighted by atomic mass is 10.0. The number of carbonyl (C=O) groups excluding carboxylic acids is 3. The highest BCUT2D eigenvalue weighted by molar-refractivity contribution is 5.71. The summed E-state index contributed by atoms with van der Waals surface area (Å²) in [5, 5.41) is 0. The lowest BCUT2D eigenvalue weighted by Crippen LogP contribution is -2.30. The summed E-state index contributed by atoms with van der Waals surface area (Å²) in [4.78, 5) is 37.8. The second-order valence-corrected chi connectivity index (χ2v) is 19.9. The van der Waals surface area contributed by atoms with E-state index in [9.17, 15) is 14.4 Å². The van der Waals surface area contributed by atoms with Gasteiger partial charge in [0.15, 0.2) is 6.10 Å². The third kappa shape index (κ3) is 54.3. The van der Waals surface area contributed by atoms with Crippen molar-refractivity contribution in [1.82, 2.24) is 0 Å². The van der Waals surface area contributed by atoms with Crippen LogP contribution in [0.5, 0.6) is 0 Å². The maximum atomic E-state index is 12.8. The first-order chi connectivity index (χ1) is 33.5. The van der Waals surface area contributed by atoms with Gasteiger partial charge in [0, 0.05) is 19.3 Å². The predicted molar refractivity (Wildman–Crippen MR) is 293 cm³/mol. The van der Waals surface area contributed by atoms with Gasteiger partial charge in [-0.15, -0.1) is 0 Å². The molecule has 0 aliphatic rings. The molecule has 0 aromatic heterocycles. The molecule has 6 nitrogen and oxygen atoms in total. The van der Waals surface area contributed by atoms with Gasteiger partial charge in [0.25, 0.3) is 0 Å². The molecule has 0 bridgehead atoms. The fourth-order valence-corrected chi connectivity index (χ4v) is 8.67. The van der Waals surface area contributed by atoms with E-state index < -0.39 is 6.10 Å². The third-order valence-corrected chi connectivity index (χ3v) is 13.1. The third-order valence-electron chi connectivity index (χ3n) is 13.1. The number of rotatable bonds is 54. The van der Waals surface area contributed by atoms with E-state index in [1.165, 1.54) is 167 Å². The Hall–Kier alpha value is -2.63. The zero-order valence-electron chi connectivity index (χ0n) is 45.4. The van der Waals surface area contributed by atoms with Gasteiger partial charge >= 0.3 is 17.9 Å². The molecule has 68 heavy (non-hydrogen) atoms. The van der Waals surface area contributed by atoms with Crippen molar-refractivity contribution in [3.63, 3.8) is 0 Å². The Bertz CT molecular complexity index is 1190. The molecule has 6 heteroatoms. The predicted octanol–water partition coefficient (Wildman–Crippen LogP) is 19.8. The molecule has 0 aliphatic carbocycles. The Labute approximate surface area is 422 Å². The van der Waals surface area contributed by atoms with Crippen LogP contribution in [0, 0.1) is 0 Å². The molecule has 396 valence electrons. The minimum Gasteiger partial charge on any atom is -0.462 e. The van der Waals surface area contributed by atoms with Crippen molar-refractivity contribution >= 4 is 17.9 Å². The molecule has 0 saturated heterocycles. The number of allylic oxidation sites excluding steroid dienone is 8. The van der Waals surface area contributed by atoms with Gasteiger partial charge in [-0.2, -0.15) is 0 Å². The molecule has 0 saturated carbocycles. The van der Waals surface area contributed by atoms with Crippen LogP contribution >= 0.6 is 0 Å². The van der Waals surface area contributed by atoms with Crippen molar-refractivity contribution in [2.75, 3.05) is 13.2 Å². The maximum Gasteiger partial charge on any atom is 0.306 e. The summed E-state index contributed by atoms with van der Waals surface area (Å²) in [6.07, 6.45) is 70.3. The number of esters is 3. The Kier molecular flexibility index (Phi) is 54.8. The molecule has 1 atom stereocenters. The maximum absolute atomic E-state index is 12.8. The van der Waals surface area contributed by atoms with Crippen LogP contribution in [0.2, 0.25) is 0 Å². The molecule has 0 N–H and O–H groups in total. The lowest BCUT2D eigenvalue weighted by molar-refractivity contribution is -0.167. The van der Waals surface area contributed by atoms with Crippen LogP contribution in [0.25, 0.3) is 0 Å². The molecule has 0 amide bonds. The summed E-state index contributed by atoms with van der Waals surface area (Å²) in [5.74, 6) is -0.907. The highest BCUT2D eigenvalue weighted by Gasteiger charge is 2.19. The summed E-state index contributed by atoms with van der Waals surface area (Å²) in [6.45, 7) is 6.46. The molecule has 0 radical (unpaired) electrons. The van der Waals surface area contributed by atoms with Gasteiger partial charge < -0.3 is 14.2 Å². The van der Waals surface area contributed by atoms with Crippen molar-refractivity contribution in [3.05, 3.63) is 48.6 Å². The molecule has 0 rings (SSSR count). The second-order valence-electron chi connectivity index (χ2n) is 19.9. The summed E-state index contributed by atoms with van der Waals surface area (Å²) >= 11 is 0. The van der Waals surface area contributed by atoms with E-state index >= 15 is 0 Å². The number of hydrogen-bond acceptors (Lipinski definition) is 6. The van der Waals surface area contributed by atoms with Crippen molar-refractivity contribution < 1.29 is 28.6 Å². The van der Waals surface area contributed by atoms with Crippen LogP contribution in [0.1, 0.15) is 310 Å². The molecule has 1 unspecified atom stereocenters. The first-order valence-corrected chi connectivity index (χ1v) is 29.6. The molecular formula is C62H112O6. The van der Waals surface area contributed by atoms with Crippen LogP contribution in [-0.4, -0.2) is 37.2 Å². The fraction of sp³-hybridized carbons (Fsp3) is 0.823. The van der Waals surface area contributed by atoms with Crippen molar-refractivity contribution in [2.24, 2.45) is 0 Å². The summed E-state index contributed by atoms with van der Waals surface area (Å²) in [5.41, 5.74) is 0. The zero-order valence-corrected chi connectivity index (χ0v) is 45.4. The summed E-state index contributed by atoms with van der Waals surface area (Å²) < 4.78 is 16.7. The van der Waals surface area contributed by atoms with Crippen LogP contribution in [0.3, 0.4) is 0 Å². The Morgan fingerprint density at radius 1 is 0.309 bits per heavy atom. The van der Waals surface area contributed by atoms with E-state index in [0.717, 1.165) is 103 Å². The van der Waals surface area contributed by atoms with Crippen molar-refractivity contribution in [2.45, 2.75) is 316 Å². The van der Waals surface area contributed by atoms with Gasteiger partial charge in [0.2, 0.25) is 0 Å². The minimum atomic E-state index is -0.780. The Balaban J connectivity index is 4.00. The van der Waals surface area contributed by atoms with E-state index in [1.54, 1.807) is 0 Å². The zero-order chi connectivity index (χ0) is 49.3. The SMILES string of the molecule is CC/C=C\C/C=C\C/C=C\C/C=C\CCCCCCC(=O)OC(COC(=O)CCCCCCC)COC(=O)CCCCCCCCCCCCCCCCCCCCCCCCCCCCCC. The largest absolute Gasteiger partial charge is 0.462 e.